The molecule has 0 saturated carbocycles. The van der Waals surface area contributed by atoms with Gasteiger partial charge in [-0.3, -0.25) is 0 Å². The monoisotopic (exact) mass is 444 g/mol. The molecule has 0 saturated heterocycles. The number of fused-ring (bicyclic) bond motifs is 1. The minimum Gasteiger partial charge on any atom is -0.491 e. The molecule has 0 spiro atoms. The molecule has 0 aliphatic rings. The second-order valence-electron chi connectivity index (χ2n) is 8.04. The van der Waals surface area contributed by atoms with E-state index < -0.39 is 5.97 Å². The molecule has 0 radical (unpaired) electrons. The predicted molar refractivity (Wildman–Crippen MR) is 129 cm³/mol. The van der Waals surface area contributed by atoms with Crippen LogP contribution >= 0.6 is 0 Å². The number of nitrogens with one attached hydrogen (secondary N) is 1. The van der Waals surface area contributed by atoms with Gasteiger partial charge in [-0.2, -0.15) is 0 Å². The maximum atomic E-state index is 11.7. The van der Waals surface area contributed by atoms with Crippen molar-refractivity contribution in [3.8, 4) is 5.75 Å². The Morgan fingerprint density at radius 3 is 2.73 bits per heavy atom. The van der Waals surface area contributed by atoms with Gasteiger partial charge in [-0.15, -0.1) is 0 Å². The Kier molecular flexibility index (Phi) is 6.88. The number of carbonyl (C=O) groups is 1. The Morgan fingerprint density at radius 1 is 1.12 bits per heavy atom. The van der Waals surface area contributed by atoms with Crippen LogP contribution < -0.4 is 10.1 Å². The highest BCUT2D eigenvalue weighted by molar-refractivity contribution is 5.88. The molecular formula is C26H28N4O3. The van der Waals surface area contributed by atoms with Crippen LogP contribution in [0.1, 0.15) is 33.6 Å². The van der Waals surface area contributed by atoms with Crippen molar-refractivity contribution in [2.45, 2.75) is 26.2 Å². The highest BCUT2D eigenvalue weighted by Gasteiger charge is 2.14. The van der Waals surface area contributed by atoms with Gasteiger partial charge >= 0.3 is 5.97 Å². The molecular weight excluding hydrogens is 416 g/mol. The van der Waals surface area contributed by atoms with Crippen molar-refractivity contribution in [3.05, 3.63) is 83.3 Å². The van der Waals surface area contributed by atoms with Gasteiger partial charge < -0.3 is 19.7 Å². The molecule has 7 heteroatoms. The molecule has 2 aromatic heterocycles. The third-order valence-corrected chi connectivity index (χ3v) is 5.67. The molecule has 2 N–H and O–H groups in total. The summed E-state index contributed by atoms with van der Waals surface area (Å²) in [4.78, 5) is 20.3. The molecule has 0 bridgehead atoms. The van der Waals surface area contributed by atoms with E-state index in [9.17, 15) is 9.90 Å². The lowest BCUT2D eigenvalue weighted by Gasteiger charge is -2.11. The van der Waals surface area contributed by atoms with Crippen LogP contribution in [-0.4, -0.2) is 38.8 Å². The van der Waals surface area contributed by atoms with E-state index in [2.05, 4.69) is 38.2 Å². The largest absolute Gasteiger partial charge is 0.491 e. The average Bonchev–Trinajstić information content (AvgIpc) is 3.13. The Morgan fingerprint density at radius 2 is 1.91 bits per heavy atom. The minimum atomic E-state index is -1.01. The quantitative estimate of drug-likeness (QED) is 0.346. The SMILES string of the molecule is Cc1ccccc1OCCNc1ncc(C(=O)O)c(CCCc2cn(C)c3ccccc23)n1. The fourth-order valence-electron chi connectivity index (χ4n) is 3.98. The topological polar surface area (TPSA) is 89.3 Å². The number of hydrogen-bond acceptors (Lipinski definition) is 5. The third kappa shape index (κ3) is 5.31. The first kappa shape index (κ1) is 22.3. The molecule has 0 fully saturated rings. The number of carboxylic acid groups (broad SMARTS) is 1. The first-order valence-corrected chi connectivity index (χ1v) is 11.1. The molecule has 0 aliphatic heterocycles. The molecule has 33 heavy (non-hydrogen) atoms. The second-order valence-corrected chi connectivity index (χ2v) is 8.04. The van der Waals surface area contributed by atoms with E-state index in [0.717, 1.165) is 24.2 Å². The smallest absolute Gasteiger partial charge is 0.339 e. The van der Waals surface area contributed by atoms with E-state index in [4.69, 9.17) is 4.74 Å². The normalized spacial score (nSPS) is 11.0. The van der Waals surface area contributed by atoms with Gasteiger partial charge in [-0.05, 0) is 49.4 Å². The number of anilines is 1. The van der Waals surface area contributed by atoms with Crippen molar-refractivity contribution in [3.63, 3.8) is 0 Å². The number of carboxylic acids is 1. The van der Waals surface area contributed by atoms with Crippen LogP contribution in [-0.2, 0) is 19.9 Å². The maximum absolute atomic E-state index is 11.7. The number of rotatable bonds is 10. The molecule has 4 rings (SSSR count). The lowest BCUT2D eigenvalue weighted by Crippen LogP contribution is -2.16. The summed E-state index contributed by atoms with van der Waals surface area (Å²) >= 11 is 0. The Hall–Kier alpha value is -3.87. The van der Waals surface area contributed by atoms with Gasteiger partial charge in [-0.1, -0.05) is 36.4 Å². The zero-order chi connectivity index (χ0) is 23.2. The lowest BCUT2D eigenvalue weighted by molar-refractivity contribution is 0.0694. The number of aromatic carboxylic acids is 1. The number of benzene rings is 2. The molecule has 0 atom stereocenters. The van der Waals surface area contributed by atoms with Gasteiger partial charge in [0.05, 0.1) is 17.8 Å². The standard InChI is InChI=1S/C26H28N4O3/c1-18-8-3-6-13-24(18)33-15-14-27-26-28-16-21(25(31)32)22(29-26)11-7-9-19-17-30(2)23-12-5-4-10-20(19)23/h3-6,8,10,12-13,16-17H,7,9,11,14-15H2,1-2H3,(H,31,32)(H,27,28,29). The summed E-state index contributed by atoms with van der Waals surface area (Å²) in [5, 5.41) is 13.9. The van der Waals surface area contributed by atoms with Crippen molar-refractivity contribution in [1.29, 1.82) is 0 Å². The molecule has 4 aromatic rings. The maximum Gasteiger partial charge on any atom is 0.339 e. The van der Waals surface area contributed by atoms with E-state index in [0.29, 0.717) is 31.2 Å². The van der Waals surface area contributed by atoms with Gasteiger partial charge in [0.25, 0.3) is 0 Å². The zero-order valence-corrected chi connectivity index (χ0v) is 18.9. The van der Waals surface area contributed by atoms with Crippen LogP contribution in [0.15, 0.2) is 60.9 Å². The Bertz CT molecular complexity index is 1270. The Balaban J connectivity index is 1.37. The lowest BCUT2D eigenvalue weighted by atomic mass is 10.0. The molecule has 2 heterocycles. The van der Waals surface area contributed by atoms with E-state index in [1.165, 1.54) is 22.7 Å². The summed E-state index contributed by atoms with van der Waals surface area (Å²) in [7, 11) is 2.04. The average molecular weight is 445 g/mol. The molecule has 2 aromatic carbocycles. The highest BCUT2D eigenvalue weighted by Crippen LogP contribution is 2.22. The van der Waals surface area contributed by atoms with E-state index >= 15 is 0 Å². The van der Waals surface area contributed by atoms with Gasteiger partial charge in [0.2, 0.25) is 5.95 Å². The van der Waals surface area contributed by atoms with Gasteiger partial charge in [-0.25, -0.2) is 14.8 Å². The zero-order valence-electron chi connectivity index (χ0n) is 18.9. The van der Waals surface area contributed by atoms with E-state index in [-0.39, 0.29) is 5.56 Å². The molecule has 7 nitrogen and oxygen atoms in total. The van der Waals surface area contributed by atoms with Crippen molar-refractivity contribution in [2.24, 2.45) is 7.05 Å². The summed E-state index contributed by atoms with van der Waals surface area (Å²) in [6, 6.07) is 16.1. The van der Waals surface area contributed by atoms with Crippen LogP contribution in [0, 0.1) is 6.92 Å². The van der Waals surface area contributed by atoms with Crippen molar-refractivity contribution in [1.82, 2.24) is 14.5 Å². The molecule has 0 aliphatic carbocycles. The van der Waals surface area contributed by atoms with Crippen molar-refractivity contribution >= 4 is 22.8 Å². The fraction of sp³-hybridized carbons (Fsp3) is 0.269. The summed E-state index contributed by atoms with van der Waals surface area (Å²) in [5.74, 6) is 0.244. The number of nitrogens with zero attached hydrogens (tertiary/aromatic N) is 3. The van der Waals surface area contributed by atoms with Gasteiger partial charge in [0.1, 0.15) is 12.4 Å². The summed E-state index contributed by atoms with van der Waals surface area (Å²) in [6.45, 7) is 2.96. The second kappa shape index (κ2) is 10.2. The predicted octanol–water partition coefficient (Wildman–Crippen LogP) is 4.64. The number of aryl methyl sites for hydroxylation is 4. The minimum absolute atomic E-state index is 0.148. The number of para-hydroxylation sites is 2. The first-order chi connectivity index (χ1) is 16.0. The van der Waals surface area contributed by atoms with E-state index in [1.807, 2.05) is 50.4 Å². The summed E-state index contributed by atoms with van der Waals surface area (Å²) in [6.07, 6.45) is 5.72. The van der Waals surface area contributed by atoms with Crippen LogP contribution in [0.3, 0.4) is 0 Å². The van der Waals surface area contributed by atoms with Crippen LogP contribution in [0.4, 0.5) is 5.95 Å². The summed E-state index contributed by atoms with van der Waals surface area (Å²) < 4.78 is 7.91. The van der Waals surface area contributed by atoms with Gasteiger partial charge in [0.15, 0.2) is 0 Å². The first-order valence-electron chi connectivity index (χ1n) is 11.1. The number of aromatic nitrogens is 3. The summed E-state index contributed by atoms with van der Waals surface area (Å²) in [5.41, 5.74) is 4.22. The van der Waals surface area contributed by atoms with Crippen LogP contribution in [0.25, 0.3) is 10.9 Å². The van der Waals surface area contributed by atoms with Gasteiger partial charge in [0, 0.05) is 30.3 Å². The fourth-order valence-corrected chi connectivity index (χ4v) is 3.98. The number of hydrogen-bond donors (Lipinski definition) is 2. The number of ether oxygens (including phenoxy) is 1. The van der Waals surface area contributed by atoms with Crippen molar-refractivity contribution in [2.75, 3.05) is 18.5 Å². The molecule has 0 unspecified atom stereocenters. The highest BCUT2D eigenvalue weighted by atomic mass is 16.5. The van der Waals surface area contributed by atoms with Crippen LogP contribution in [0.2, 0.25) is 0 Å². The van der Waals surface area contributed by atoms with Crippen molar-refractivity contribution < 1.29 is 14.6 Å². The third-order valence-electron chi connectivity index (χ3n) is 5.67. The molecule has 170 valence electrons. The molecule has 0 amide bonds. The van der Waals surface area contributed by atoms with E-state index in [1.54, 1.807) is 0 Å². The van der Waals surface area contributed by atoms with Crippen LogP contribution in [0.5, 0.6) is 5.75 Å². The Labute approximate surface area is 193 Å².